The molecule has 2 aromatic rings. The van der Waals surface area contributed by atoms with E-state index in [4.69, 9.17) is 4.42 Å². The van der Waals surface area contributed by atoms with Gasteiger partial charge in [0.05, 0.1) is 21.0 Å². The average Bonchev–Trinajstić information content (AvgIpc) is 2.88. The summed E-state index contributed by atoms with van der Waals surface area (Å²) in [6, 6.07) is 3.76. The van der Waals surface area contributed by atoms with Crippen molar-refractivity contribution in [3.63, 3.8) is 0 Å². The Balaban J connectivity index is 2.05. The molecule has 16 heavy (non-hydrogen) atoms. The number of thiophene rings is 1. The summed E-state index contributed by atoms with van der Waals surface area (Å²) in [6.45, 7) is 0.571. The van der Waals surface area contributed by atoms with Crippen LogP contribution in [0.2, 0.25) is 0 Å². The zero-order valence-electron chi connectivity index (χ0n) is 8.64. The van der Waals surface area contributed by atoms with Crippen molar-refractivity contribution in [1.82, 2.24) is 4.90 Å². The number of nitrogens with zero attached hydrogens (tertiary/aromatic N) is 1. The largest absolute Gasteiger partial charge is 0.472 e. The van der Waals surface area contributed by atoms with Crippen molar-refractivity contribution in [2.45, 2.75) is 6.54 Å². The Kier molecular flexibility index (Phi) is 3.65. The fraction of sp³-hybridized carbons (Fsp3) is 0.182. The van der Waals surface area contributed by atoms with Crippen LogP contribution >= 0.6 is 33.9 Å². The Bertz CT molecular complexity index is 478. The predicted molar refractivity (Wildman–Crippen MR) is 71.5 cm³/mol. The molecule has 0 saturated heterocycles. The van der Waals surface area contributed by atoms with Gasteiger partial charge in [0.1, 0.15) is 0 Å². The first kappa shape index (κ1) is 11.7. The highest BCUT2D eigenvalue weighted by Gasteiger charge is 2.13. The second kappa shape index (κ2) is 5.01. The molecule has 0 aliphatic carbocycles. The van der Waals surface area contributed by atoms with E-state index in [0.29, 0.717) is 6.54 Å². The molecule has 0 atom stereocenters. The van der Waals surface area contributed by atoms with Crippen LogP contribution in [0.25, 0.3) is 0 Å². The van der Waals surface area contributed by atoms with Gasteiger partial charge >= 0.3 is 0 Å². The van der Waals surface area contributed by atoms with Gasteiger partial charge in [-0.1, -0.05) is 0 Å². The smallest absolute Gasteiger partial charge is 0.254 e. The van der Waals surface area contributed by atoms with Gasteiger partial charge in [-0.25, -0.2) is 0 Å². The van der Waals surface area contributed by atoms with Gasteiger partial charge < -0.3 is 9.32 Å². The van der Waals surface area contributed by atoms with Crippen molar-refractivity contribution in [3.8, 4) is 0 Å². The highest BCUT2D eigenvalue weighted by Crippen LogP contribution is 2.18. The van der Waals surface area contributed by atoms with E-state index >= 15 is 0 Å². The van der Waals surface area contributed by atoms with Gasteiger partial charge in [0.25, 0.3) is 5.91 Å². The number of hydrogen-bond acceptors (Lipinski definition) is 3. The van der Waals surface area contributed by atoms with E-state index < -0.39 is 0 Å². The monoisotopic (exact) mass is 347 g/mol. The maximum absolute atomic E-state index is 12.0. The Hall–Kier alpha value is -0.820. The highest BCUT2D eigenvalue weighted by molar-refractivity contribution is 14.1. The van der Waals surface area contributed by atoms with Gasteiger partial charge in [-0.15, -0.1) is 11.3 Å². The molecule has 3 nitrogen and oxygen atoms in total. The van der Waals surface area contributed by atoms with Crippen LogP contribution < -0.4 is 0 Å². The summed E-state index contributed by atoms with van der Waals surface area (Å²) in [5.74, 6) is 0.0420. The van der Waals surface area contributed by atoms with Gasteiger partial charge in [0, 0.05) is 24.5 Å². The molecule has 0 aliphatic heterocycles. The molecule has 0 aromatic carbocycles. The predicted octanol–water partition coefficient (Wildman–Crippen LogP) is 3.22. The molecule has 2 heterocycles. The van der Waals surface area contributed by atoms with Crippen molar-refractivity contribution < 1.29 is 9.21 Å². The van der Waals surface area contributed by atoms with Gasteiger partial charge in [-0.3, -0.25) is 4.79 Å². The minimum absolute atomic E-state index is 0.0420. The summed E-state index contributed by atoms with van der Waals surface area (Å²) in [4.78, 5) is 13.7. The van der Waals surface area contributed by atoms with Gasteiger partial charge in [-0.2, -0.15) is 0 Å². The number of carbonyl (C=O) groups is 1. The highest BCUT2D eigenvalue weighted by atomic mass is 127. The molecule has 84 valence electrons. The summed E-state index contributed by atoms with van der Waals surface area (Å²) >= 11 is 3.79. The Morgan fingerprint density at radius 1 is 1.62 bits per heavy atom. The first-order chi connectivity index (χ1) is 7.66. The molecule has 0 unspecified atom stereocenters. The Labute approximate surface area is 111 Å². The van der Waals surface area contributed by atoms with E-state index in [0.717, 1.165) is 14.0 Å². The normalized spacial score (nSPS) is 10.4. The summed E-state index contributed by atoms with van der Waals surface area (Å²) in [5.41, 5.74) is 1.75. The van der Waals surface area contributed by atoms with Gasteiger partial charge in [-0.05, 0) is 34.7 Å². The molecule has 0 fully saturated rings. The zero-order valence-corrected chi connectivity index (χ0v) is 11.6. The SMILES string of the molecule is CN(Cc1ccoc1)C(=O)c1csc(I)c1. The second-order valence-electron chi connectivity index (χ2n) is 3.43. The molecule has 2 rings (SSSR count). The molecule has 5 heteroatoms. The van der Waals surface area contributed by atoms with Gasteiger partial charge in [0.2, 0.25) is 0 Å². The molecule has 1 amide bonds. The van der Waals surface area contributed by atoms with Gasteiger partial charge in [0.15, 0.2) is 0 Å². The average molecular weight is 347 g/mol. The topological polar surface area (TPSA) is 33.5 Å². The van der Waals surface area contributed by atoms with E-state index in [1.165, 1.54) is 0 Å². The molecular weight excluding hydrogens is 337 g/mol. The van der Waals surface area contributed by atoms with E-state index in [-0.39, 0.29) is 5.91 Å². The Morgan fingerprint density at radius 3 is 3.00 bits per heavy atom. The number of halogens is 1. The summed E-state index contributed by atoms with van der Waals surface area (Å²) in [6.07, 6.45) is 3.27. The number of furan rings is 1. The minimum atomic E-state index is 0.0420. The second-order valence-corrected chi connectivity index (χ2v) is 6.24. The first-order valence-corrected chi connectivity index (χ1v) is 6.63. The maximum Gasteiger partial charge on any atom is 0.254 e. The summed E-state index contributed by atoms with van der Waals surface area (Å²) in [5, 5.41) is 1.88. The fourth-order valence-electron chi connectivity index (χ4n) is 1.37. The lowest BCUT2D eigenvalue weighted by Gasteiger charge is -2.14. The van der Waals surface area contributed by atoms with E-state index in [1.54, 1.807) is 35.8 Å². The van der Waals surface area contributed by atoms with Crippen molar-refractivity contribution in [2.75, 3.05) is 7.05 Å². The van der Waals surface area contributed by atoms with Crippen LogP contribution in [0.1, 0.15) is 15.9 Å². The third-order valence-corrected chi connectivity index (χ3v) is 3.95. The third kappa shape index (κ3) is 2.65. The van der Waals surface area contributed by atoms with Crippen molar-refractivity contribution in [3.05, 3.63) is 44.0 Å². The fourth-order valence-corrected chi connectivity index (χ4v) is 2.69. The molecule has 0 saturated carbocycles. The molecule has 0 N–H and O–H groups in total. The van der Waals surface area contributed by atoms with Crippen molar-refractivity contribution in [2.24, 2.45) is 0 Å². The third-order valence-electron chi connectivity index (χ3n) is 2.16. The zero-order chi connectivity index (χ0) is 11.5. The molecule has 0 spiro atoms. The number of carbonyl (C=O) groups excluding carboxylic acids is 1. The number of amides is 1. The lowest BCUT2D eigenvalue weighted by atomic mass is 10.2. The first-order valence-electron chi connectivity index (χ1n) is 4.67. The van der Waals surface area contributed by atoms with E-state index in [1.807, 2.05) is 17.5 Å². The van der Waals surface area contributed by atoms with Crippen molar-refractivity contribution in [1.29, 1.82) is 0 Å². The molecule has 0 bridgehead atoms. The van der Waals surface area contributed by atoms with Crippen LogP contribution in [0.3, 0.4) is 0 Å². The van der Waals surface area contributed by atoms with Crippen LogP contribution in [0.15, 0.2) is 34.5 Å². The van der Waals surface area contributed by atoms with Crippen LogP contribution in [0, 0.1) is 2.88 Å². The standard InChI is InChI=1S/C11H10INO2S/c1-13(5-8-2-3-15-6-8)11(14)9-4-10(12)16-7-9/h2-4,6-7H,5H2,1H3. The lowest BCUT2D eigenvalue weighted by Crippen LogP contribution is -2.25. The van der Waals surface area contributed by atoms with E-state index in [9.17, 15) is 4.79 Å². The van der Waals surface area contributed by atoms with Crippen LogP contribution in [0.4, 0.5) is 0 Å². The molecule has 0 radical (unpaired) electrons. The number of rotatable bonds is 3. The van der Waals surface area contributed by atoms with Crippen molar-refractivity contribution >= 4 is 39.8 Å². The molecular formula is C11H10INO2S. The van der Waals surface area contributed by atoms with Crippen LogP contribution in [-0.4, -0.2) is 17.9 Å². The van der Waals surface area contributed by atoms with Crippen LogP contribution in [-0.2, 0) is 6.54 Å². The summed E-state index contributed by atoms with van der Waals surface area (Å²) < 4.78 is 6.09. The number of hydrogen-bond donors (Lipinski definition) is 0. The molecule has 0 aliphatic rings. The molecule has 2 aromatic heterocycles. The summed E-state index contributed by atoms with van der Waals surface area (Å²) in [7, 11) is 1.79. The van der Waals surface area contributed by atoms with Crippen LogP contribution in [0.5, 0.6) is 0 Å². The lowest BCUT2D eigenvalue weighted by molar-refractivity contribution is 0.0785. The van der Waals surface area contributed by atoms with E-state index in [2.05, 4.69) is 22.6 Å². The maximum atomic E-state index is 12.0. The minimum Gasteiger partial charge on any atom is -0.472 e. The Morgan fingerprint density at radius 2 is 2.44 bits per heavy atom. The quantitative estimate of drug-likeness (QED) is 0.799.